The number of nitrogens with zero attached hydrogens (tertiary/aromatic N) is 2. The SMILES string of the molecule is CCCN(CCO)Cc1cccc(NCC)n1. The molecular weight excluding hydrogens is 214 g/mol. The number of hydrogen-bond donors (Lipinski definition) is 2. The monoisotopic (exact) mass is 237 g/mol. The predicted molar refractivity (Wildman–Crippen MR) is 71.1 cm³/mol. The zero-order valence-electron chi connectivity index (χ0n) is 10.8. The first-order valence-corrected chi connectivity index (χ1v) is 6.33. The summed E-state index contributed by atoms with van der Waals surface area (Å²) in [7, 11) is 0. The van der Waals surface area contributed by atoms with Crippen molar-refractivity contribution >= 4 is 5.82 Å². The van der Waals surface area contributed by atoms with Crippen LogP contribution in [0.4, 0.5) is 5.82 Å². The van der Waals surface area contributed by atoms with Gasteiger partial charge in [-0.15, -0.1) is 0 Å². The van der Waals surface area contributed by atoms with E-state index in [1.54, 1.807) is 0 Å². The van der Waals surface area contributed by atoms with E-state index in [0.29, 0.717) is 6.54 Å². The number of anilines is 1. The molecule has 4 nitrogen and oxygen atoms in total. The number of aliphatic hydroxyl groups is 1. The third-order valence-corrected chi connectivity index (χ3v) is 2.51. The van der Waals surface area contributed by atoms with Crippen molar-refractivity contribution < 1.29 is 5.11 Å². The molecule has 4 heteroatoms. The lowest BCUT2D eigenvalue weighted by molar-refractivity contribution is 0.189. The van der Waals surface area contributed by atoms with Gasteiger partial charge in [0.2, 0.25) is 0 Å². The minimum atomic E-state index is 0.201. The van der Waals surface area contributed by atoms with Crippen molar-refractivity contribution in [1.29, 1.82) is 0 Å². The molecule has 96 valence electrons. The first kappa shape index (κ1) is 13.9. The van der Waals surface area contributed by atoms with Gasteiger partial charge in [-0.3, -0.25) is 4.90 Å². The van der Waals surface area contributed by atoms with Gasteiger partial charge >= 0.3 is 0 Å². The molecule has 1 rings (SSSR count). The molecule has 0 aliphatic heterocycles. The van der Waals surface area contributed by atoms with E-state index in [1.807, 2.05) is 18.2 Å². The highest BCUT2D eigenvalue weighted by molar-refractivity contribution is 5.34. The fourth-order valence-electron chi connectivity index (χ4n) is 1.80. The molecule has 0 saturated heterocycles. The number of nitrogens with one attached hydrogen (secondary N) is 1. The van der Waals surface area contributed by atoms with Crippen LogP contribution in [0.3, 0.4) is 0 Å². The second-order valence-electron chi connectivity index (χ2n) is 4.04. The van der Waals surface area contributed by atoms with Crippen molar-refractivity contribution in [3.8, 4) is 0 Å². The second-order valence-corrected chi connectivity index (χ2v) is 4.04. The van der Waals surface area contributed by atoms with Gasteiger partial charge in [0.1, 0.15) is 5.82 Å². The lowest BCUT2D eigenvalue weighted by Crippen LogP contribution is -2.27. The van der Waals surface area contributed by atoms with Crippen LogP contribution in [0.15, 0.2) is 18.2 Å². The second kappa shape index (κ2) is 8.03. The fourth-order valence-corrected chi connectivity index (χ4v) is 1.80. The molecule has 17 heavy (non-hydrogen) atoms. The summed E-state index contributed by atoms with van der Waals surface area (Å²) in [5.41, 5.74) is 1.05. The van der Waals surface area contributed by atoms with E-state index < -0.39 is 0 Å². The summed E-state index contributed by atoms with van der Waals surface area (Å²) in [6.07, 6.45) is 1.09. The van der Waals surface area contributed by atoms with Crippen LogP contribution in [0.2, 0.25) is 0 Å². The van der Waals surface area contributed by atoms with Gasteiger partial charge < -0.3 is 10.4 Å². The van der Waals surface area contributed by atoms with Crippen molar-refractivity contribution in [2.45, 2.75) is 26.8 Å². The van der Waals surface area contributed by atoms with E-state index >= 15 is 0 Å². The third kappa shape index (κ3) is 5.15. The normalized spacial score (nSPS) is 10.8. The van der Waals surface area contributed by atoms with Crippen molar-refractivity contribution in [3.05, 3.63) is 23.9 Å². The van der Waals surface area contributed by atoms with Crippen LogP contribution < -0.4 is 5.32 Å². The maximum atomic E-state index is 9.01. The Hall–Kier alpha value is -1.13. The summed E-state index contributed by atoms with van der Waals surface area (Å²) in [6.45, 7) is 7.79. The summed E-state index contributed by atoms with van der Waals surface area (Å²) >= 11 is 0. The molecule has 0 atom stereocenters. The highest BCUT2D eigenvalue weighted by atomic mass is 16.3. The average Bonchev–Trinajstić information content (AvgIpc) is 2.30. The van der Waals surface area contributed by atoms with E-state index in [9.17, 15) is 0 Å². The molecule has 0 saturated carbocycles. The van der Waals surface area contributed by atoms with Gasteiger partial charge in [0.25, 0.3) is 0 Å². The predicted octanol–water partition coefficient (Wildman–Crippen LogP) is 1.72. The van der Waals surface area contributed by atoms with Gasteiger partial charge in [0.05, 0.1) is 12.3 Å². The van der Waals surface area contributed by atoms with Gasteiger partial charge in [-0.1, -0.05) is 13.0 Å². The van der Waals surface area contributed by atoms with Gasteiger partial charge in [0, 0.05) is 19.6 Å². The molecular formula is C13H23N3O. The van der Waals surface area contributed by atoms with Crippen molar-refractivity contribution in [3.63, 3.8) is 0 Å². The van der Waals surface area contributed by atoms with Gasteiger partial charge in [-0.05, 0) is 32.0 Å². The lowest BCUT2D eigenvalue weighted by Gasteiger charge is -2.20. The summed E-state index contributed by atoms with van der Waals surface area (Å²) in [4.78, 5) is 6.75. The summed E-state index contributed by atoms with van der Waals surface area (Å²) in [5, 5.41) is 12.2. The summed E-state index contributed by atoms with van der Waals surface area (Å²) < 4.78 is 0. The van der Waals surface area contributed by atoms with E-state index in [4.69, 9.17) is 5.11 Å². The molecule has 0 bridgehead atoms. The van der Waals surface area contributed by atoms with Crippen LogP contribution in [0.1, 0.15) is 26.0 Å². The Kier molecular flexibility index (Phi) is 6.58. The molecule has 0 spiro atoms. The summed E-state index contributed by atoms with van der Waals surface area (Å²) in [6, 6.07) is 6.02. The van der Waals surface area contributed by atoms with Crippen LogP contribution in [-0.2, 0) is 6.54 Å². The zero-order chi connectivity index (χ0) is 12.5. The van der Waals surface area contributed by atoms with Crippen LogP contribution in [0, 0.1) is 0 Å². The first-order valence-electron chi connectivity index (χ1n) is 6.33. The molecule has 1 heterocycles. The van der Waals surface area contributed by atoms with E-state index in [-0.39, 0.29) is 6.61 Å². The van der Waals surface area contributed by atoms with Crippen molar-refractivity contribution in [2.75, 3.05) is 31.6 Å². The van der Waals surface area contributed by atoms with Crippen LogP contribution >= 0.6 is 0 Å². The molecule has 0 radical (unpaired) electrons. The quantitative estimate of drug-likeness (QED) is 0.723. The van der Waals surface area contributed by atoms with Crippen LogP contribution in [0.25, 0.3) is 0 Å². The Morgan fingerprint density at radius 3 is 2.76 bits per heavy atom. The lowest BCUT2D eigenvalue weighted by atomic mass is 10.3. The highest BCUT2D eigenvalue weighted by Crippen LogP contribution is 2.07. The van der Waals surface area contributed by atoms with Crippen LogP contribution in [0.5, 0.6) is 0 Å². The van der Waals surface area contributed by atoms with Gasteiger partial charge in [-0.2, -0.15) is 0 Å². The molecule has 1 aromatic heterocycles. The Morgan fingerprint density at radius 1 is 1.29 bits per heavy atom. The number of aromatic nitrogens is 1. The Balaban J connectivity index is 2.60. The molecule has 0 fully saturated rings. The Morgan fingerprint density at radius 2 is 2.12 bits per heavy atom. The molecule has 0 aromatic carbocycles. The molecule has 0 amide bonds. The van der Waals surface area contributed by atoms with E-state index in [1.165, 1.54) is 0 Å². The number of hydrogen-bond acceptors (Lipinski definition) is 4. The maximum absolute atomic E-state index is 9.01. The van der Waals surface area contributed by atoms with Gasteiger partial charge in [-0.25, -0.2) is 4.98 Å². The Labute approximate surface area is 104 Å². The highest BCUT2D eigenvalue weighted by Gasteiger charge is 2.05. The maximum Gasteiger partial charge on any atom is 0.126 e. The minimum Gasteiger partial charge on any atom is -0.395 e. The van der Waals surface area contributed by atoms with E-state index in [0.717, 1.165) is 37.6 Å². The Bertz CT molecular complexity index is 311. The topological polar surface area (TPSA) is 48.4 Å². The molecule has 0 aliphatic rings. The van der Waals surface area contributed by atoms with Crippen molar-refractivity contribution in [2.24, 2.45) is 0 Å². The zero-order valence-corrected chi connectivity index (χ0v) is 10.8. The number of rotatable bonds is 8. The molecule has 0 unspecified atom stereocenters. The largest absolute Gasteiger partial charge is 0.395 e. The van der Waals surface area contributed by atoms with Crippen molar-refractivity contribution in [1.82, 2.24) is 9.88 Å². The standard InChI is InChI=1S/C13H23N3O/c1-3-8-16(9-10-17)11-12-6-5-7-13(15-12)14-4-2/h5-7,17H,3-4,8-11H2,1-2H3,(H,14,15). The molecule has 0 aliphatic carbocycles. The van der Waals surface area contributed by atoms with E-state index in [2.05, 4.69) is 29.0 Å². The smallest absolute Gasteiger partial charge is 0.126 e. The van der Waals surface area contributed by atoms with Crippen LogP contribution in [-0.4, -0.2) is 41.2 Å². The number of aliphatic hydroxyl groups excluding tert-OH is 1. The number of pyridine rings is 1. The first-order chi connectivity index (χ1) is 8.30. The minimum absolute atomic E-state index is 0.201. The third-order valence-electron chi connectivity index (χ3n) is 2.51. The fraction of sp³-hybridized carbons (Fsp3) is 0.615. The molecule has 2 N–H and O–H groups in total. The molecule has 1 aromatic rings. The summed E-state index contributed by atoms with van der Waals surface area (Å²) in [5.74, 6) is 0.922. The van der Waals surface area contributed by atoms with Gasteiger partial charge in [0.15, 0.2) is 0 Å². The average molecular weight is 237 g/mol.